The van der Waals surface area contributed by atoms with E-state index in [9.17, 15) is 0 Å². The van der Waals surface area contributed by atoms with Crippen molar-refractivity contribution < 1.29 is 0 Å². The number of likely N-dealkylation sites (tertiary alicyclic amines) is 1. The molecule has 2 heteroatoms. The minimum atomic E-state index is 0.301. The topological polar surface area (TPSA) is 29.3 Å². The van der Waals surface area contributed by atoms with Gasteiger partial charge in [-0.15, -0.1) is 0 Å². The van der Waals surface area contributed by atoms with Crippen LogP contribution in [0.4, 0.5) is 0 Å². The van der Waals surface area contributed by atoms with Crippen molar-refractivity contribution in [1.29, 1.82) is 0 Å². The van der Waals surface area contributed by atoms with Crippen molar-refractivity contribution in [3.63, 3.8) is 0 Å². The molecule has 0 aliphatic carbocycles. The standard InChI is InChI=1S/C17H28N2/c1-3-17-12-9-14(2)19(17)13-16(18)11-10-15-7-5-4-6-8-15/h4-8,14,16-17H,3,9-13,18H2,1-2H3. The monoisotopic (exact) mass is 260 g/mol. The van der Waals surface area contributed by atoms with E-state index in [1.54, 1.807) is 0 Å². The minimum Gasteiger partial charge on any atom is -0.327 e. The fraction of sp³-hybridized carbons (Fsp3) is 0.647. The van der Waals surface area contributed by atoms with Gasteiger partial charge in [0.05, 0.1) is 0 Å². The molecule has 0 spiro atoms. The maximum atomic E-state index is 6.34. The van der Waals surface area contributed by atoms with E-state index in [0.29, 0.717) is 12.1 Å². The van der Waals surface area contributed by atoms with Crippen LogP contribution in [-0.2, 0) is 6.42 Å². The Balaban J connectivity index is 1.79. The quantitative estimate of drug-likeness (QED) is 0.851. The molecule has 0 bridgehead atoms. The molecule has 0 amide bonds. The van der Waals surface area contributed by atoms with Crippen LogP contribution in [0.5, 0.6) is 0 Å². The third kappa shape index (κ3) is 4.05. The summed E-state index contributed by atoms with van der Waals surface area (Å²) >= 11 is 0. The van der Waals surface area contributed by atoms with Gasteiger partial charge >= 0.3 is 0 Å². The van der Waals surface area contributed by atoms with Gasteiger partial charge in [0.25, 0.3) is 0 Å². The van der Waals surface area contributed by atoms with Crippen molar-refractivity contribution >= 4 is 0 Å². The zero-order valence-corrected chi connectivity index (χ0v) is 12.4. The molecule has 3 atom stereocenters. The van der Waals surface area contributed by atoms with Crippen molar-refractivity contribution in [3.05, 3.63) is 35.9 Å². The van der Waals surface area contributed by atoms with Gasteiger partial charge in [-0.3, -0.25) is 4.90 Å². The average Bonchev–Trinajstić information content (AvgIpc) is 2.78. The molecule has 1 aromatic carbocycles. The summed E-state index contributed by atoms with van der Waals surface area (Å²) in [6, 6.07) is 12.5. The predicted octanol–water partition coefficient (Wildman–Crippen LogP) is 3.21. The fourth-order valence-corrected chi connectivity index (χ4v) is 3.25. The normalized spacial score (nSPS) is 25.6. The summed E-state index contributed by atoms with van der Waals surface area (Å²) in [5.41, 5.74) is 7.74. The number of benzene rings is 1. The largest absolute Gasteiger partial charge is 0.327 e. The Bertz CT molecular complexity index is 363. The van der Waals surface area contributed by atoms with Crippen LogP contribution in [0.25, 0.3) is 0 Å². The molecule has 1 aliphatic rings. The summed E-state index contributed by atoms with van der Waals surface area (Å²) < 4.78 is 0. The minimum absolute atomic E-state index is 0.301. The van der Waals surface area contributed by atoms with E-state index in [1.807, 2.05) is 0 Å². The Morgan fingerprint density at radius 1 is 1.26 bits per heavy atom. The first-order valence-corrected chi connectivity index (χ1v) is 7.76. The van der Waals surface area contributed by atoms with Crippen LogP contribution in [0.15, 0.2) is 30.3 Å². The second-order valence-electron chi connectivity index (χ2n) is 5.97. The lowest BCUT2D eigenvalue weighted by Crippen LogP contribution is -2.43. The first-order valence-electron chi connectivity index (χ1n) is 7.76. The smallest absolute Gasteiger partial charge is 0.0171 e. The van der Waals surface area contributed by atoms with Gasteiger partial charge in [-0.25, -0.2) is 0 Å². The molecule has 2 N–H and O–H groups in total. The number of nitrogens with zero attached hydrogens (tertiary/aromatic N) is 1. The first-order chi connectivity index (χ1) is 9.20. The van der Waals surface area contributed by atoms with Crippen LogP contribution in [-0.4, -0.2) is 29.6 Å². The fourth-order valence-electron chi connectivity index (χ4n) is 3.25. The third-order valence-corrected chi connectivity index (χ3v) is 4.52. The Kier molecular flexibility index (Phi) is 5.41. The number of hydrogen-bond acceptors (Lipinski definition) is 2. The Labute approximate surface area is 118 Å². The molecule has 106 valence electrons. The summed E-state index contributed by atoms with van der Waals surface area (Å²) in [4.78, 5) is 2.63. The van der Waals surface area contributed by atoms with Gasteiger partial charge in [0, 0.05) is 24.7 Å². The van der Waals surface area contributed by atoms with Crippen molar-refractivity contribution in [3.8, 4) is 0 Å². The van der Waals surface area contributed by atoms with Crippen LogP contribution in [0.1, 0.15) is 45.1 Å². The lowest BCUT2D eigenvalue weighted by atomic mass is 10.0. The summed E-state index contributed by atoms with van der Waals surface area (Å²) in [7, 11) is 0. The van der Waals surface area contributed by atoms with Gasteiger partial charge in [0.2, 0.25) is 0 Å². The third-order valence-electron chi connectivity index (χ3n) is 4.52. The van der Waals surface area contributed by atoms with Gasteiger partial charge in [0.15, 0.2) is 0 Å². The van der Waals surface area contributed by atoms with Crippen LogP contribution in [0.3, 0.4) is 0 Å². The van der Waals surface area contributed by atoms with E-state index in [0.717, 1.165) is 25.4 Å². The molecule has 19 heavy (non-hydrogen) atoms. The molecule has 3 unspecified atom stereocenters. The first kappa shape index (κ1) is 14.5. The molecule has 1 saturated heterocycles. The maximum Gasteiger partial charge on any atom is 0.0171 e. The molecule has 1 aliphatic heterocycles. The Hall–Kier alpha value is -0.860. The SMILES string of the molecule is CCC1CCC(C)N1CC(N)CCc1ccccc1. The second-order valence-corrected chi connectivity index (χ2v) is 5.97. The van der Waals surface area contributed by atoms with Crippen molar-refractivity contribution in [2.45, 2.75) is 64.1 Å². The highest BCUT2D eigenvalue weighted by Crippen LogP contribution is 2.26. The molecule has 2 rings (SSSR count). The molecule has 0 aromatic heterocycles. The highest BCUT2D eigenvalue weighted by atomic mass is 15.2. The average molecular weight is 260 g/mol. The van der Waals surface area contributed by atoms with E-state index >= 15 is 0 Å². The van der Waals surface area contributed by atoms with Crippen LogP contribution in [0, 0.1) is 0 Å². The van der Waals surface area contributed by atoms with Crippen LogP contribution < -0.4 is 5.73 Å². The van der Waals surface area contributed by atoms with E-state index in [4.69, 9.17) is 5.73 Å². The highest BCUT2D eigenvalue weighted by molar-refractivity contribution is 5.14. The van der Waals surface area contributed by atoms with Crippen LogP contribution >= 0.6 is 0 Å². The molecule has 2 nitrogen and oxygen atoms in total. The van der Waals surface area contributed by atoms with Crippen molar-refractivity contribution in [1.82, 2.24) is 4.90 Å². The van der Waals surface area contributed by atoms with Crippen LogP contribution in [0.2, 0.25) is 0 Å². The molecular weight excluding hydrogens is 232 g/mol. The van der Waals surface area contributed by atoms with Crippen molar-refractivity contribution in [2.24, 2.45) is 5.73 Å². The van der Waals surface area contributed by atoms with Gasteiger partial charge in [-0.2, -0.15) is 0 Å². The lowest BCUT2D eigenvalue weighted by Gasteiger charge is -2.30. The van der Waals surface area contributed by atoms with Gasteiger partial charge < -0.3 is 5.73 Å². The number of rotatable bonds is 6. The molecule has 0 saturated carbocycles. The number of hydrogen-bond donors (Lipinski definition) is 1. The maximum absolute atomic E-state index is 6.34. The molecular formula is C17H28N2. The second kappa shape index (κ2) is 7.06. The van der Waals surface area contributed by atoms with E-state index in [1.165, 1.54) is 24.8 Å². The molecule has 1 heterocycles. The van der Waals surface area contributed by atoms with Gasteiger partial charge in [-0.1, -0.05) is 37.3 Å². The molecule has 0 radical (unpaired) electrons. The van der Waals surface area contributed by atoms with E-state index in [2.05, 4.69) is 49.1 Å². The number of nitrogens with two attached hydrogens (primary N) is 1. The Morgan fingerprint density at radius 3 is 2.68 bits per heavy atom. The van der Waals surface area contributed by atoms with Gasteiger partial charge in [0.1, 0.15) is 0 Å². The van der Waals surface area contributed by atoms with Crippen molar-refractivity contribution in [2.75, 3.05) is 6.54 Å². The summed E-state index contributed by atoms with van der Waals surface area (Å²) in [6.07, 6.45) is 6.13. The lowest BCUT2D eigenvalue weighted by molar-refractivity contribution is 0.184. The zero-order chi connectivity index (χ0) is 13.7. The summed E-state index contributed by atoms with van der Waals surface area (Å²) in [5.74, 6) is 0. The predicted molar refractivity (Wildman–Crippen MR) is 82.2 cm³/mol. The summed E-state index contributed by atoms with van der Waals surface area (Å²) in [6.45, 7) is 5.71. The highest BCUT2D eigenvalue weighted by Gasteiger charge is 2.29. The zero-order valence-electron chi connectivity index (χ0n) is 12.4. The van der Waals surface area contributed by atoms with Gasteiger partial charge in [-0.05, 0) is 44.6 Å². The van der Waals surface area contributed by atoms with E-state index < -0.39 is 0 Å². The number of aryl methyl sites for hydroxylation is 1. The Morgan fingerprint density at radius 2 is 2.00 bits per heavy atom. The van der Waals surface area contributed by atoms with E-state index in [-0.39, 0.29) is 0 Å². The molecule has 1 fully saturated rings. The molecule has 1 aromatic rings. The summed E-state index contributed by atoms with van der Waals surface area (Å²) in [5, 5.41) is 0.